The summed E-state index contributed by atoms with van der Waals surface area (Å²) in [5.41, 5.74) is 4.66. The lowest BCUT2D eigenvalue weighted by Crippen LogP contribution is -2.31. The van der Waals surface area contributed by atoms with Gasteiger partial charge >= 0.3 is 0 Å². The normalized spacial score (nSPS) is 12.7. The molecular weight excluding hydrogens is 165 g/mol. The first-order valence-corrected chi connectivity index (χ1v) is 3.08. The summed E-state index contributed by atoms with van der Waals surface area (Å²) in [6.07, 6.45) is 0. The highest BCUT2D eigenvalue weighted by Gasteiger charge is 2.19. The van der Waals surface area contributed by atoms with E-state index in [0.717, 1.165) is 0 Å². The van der Waals surface area contributed by atoms with Crippen molar-refractivity contribution in [2.24, 2.45) is 5.73 Å². The van der Waals surface area contributed by atoms with Gasteiger partial charge in [-0.2, -0.15) is 0 Å². The average Bonchev–Trinajstić information content (AvgIpc) is 1.84. The van der Waals surface area contributed by atoms with Crippen LogP contribution in [0.1, 0.15) is 0 Å². The van der Waals surface area contributed by atoms with Crippen LogP contribution >= 0.6 is 23.2 Å². The lowest BCUT2D eigenvalue weighted by Gasteiger charge is -1.97. The highest BCUT2D eigenvalue weighted by atomic mass is 35.5. The molecule has 0 radical (unpaired) electrons. The number of rotatable bonds is 3. The minimum Gasteiger partial charge on any atom is -0.368 e. The van der Waals surface area contributed by atoms with Gasteiger partial charge in [-0.15, -0.1) is 23.2 Å². The largest absolute Gasteiger partial charge is 0.368 e. The Morgan fingerprint density at radius 2 is 2.00 bits per heavy atom. The minimum absolute atomic E-state index is 0.281. The minimum atomic E-state index is -1.28. The van der Waals surface area contributed by atoms with Crippen LogP contribution in [0.15, 0.2) is 0 Å². The Bertz CT molecular complexity index is 137. The second-order valence-electron chi connectivity index (χ2n) is 1.36. The van der Waals surface area contributed by atoms with Crippen molar-refractivity contribution in [2.75, 3.05) is 5.88 Å². The van der Waals surface area contributed by atoms with E-state index in [1.54, 1.807) is 0 Å². The van der Waals surface area contributed by atoms with Crippen molar-refractivity contribution in [1.82, 2.24) is 0 Å². The van der Waals surface area contributed by atoms with Crippen molar-refractivity contribution in [3.05, 3.63) is 0 Å². The van der Waals surface area contributed by atoms with Crippen LogP contribution in [0.3, 0.4) is 0 Å². The summed E-state index contributed by atoms with van der Waals surface area (Å²) in [5.74, 6) is -1.70. The van der Waals surface area contributed by atoms with Gasteiger partial charge < -0.3 is 5.73 Å². The highest BCUT2D eigenvalue weighted by molar-refractivity contribution is 6.45. The Hall–Kier alpha value is -0.280. The van der Waals surface area contributed by atoms with Gasteiger partial charge in [0.2, 0.25) is 5.91 Å². The molecule has 5 heteroatoms. The van der Waals surface area contributed by atoms with Gasteiger partial charge in [0.05, 0.1) is 5.88 Å². The van der Waals surface area contributed by atoms with E-state index in [2.05, 4.69) is 5.73 Å². The molecule has 1 amide bonds. The third-order valence-electron chi connectivity index (χ3n) is 0.664. The van der Waals surface area contributed by atoms with E-state index < -0.39 is 17.1 Å². The van der Waals surface area contributed by atoms with E-state index in [-0.39, 0.29) is 5.88 Å². The second kappa shape index (κ2) is 3.69. The maximum atomic E-state index is 10.4. The zero-order valence-corrected chi connectivity index (χ0v) is 5.95. The number of amides is 1. The summed E-state index contributed by atoms with van der Waals surface area (Å²) in [7, 11) is 0. The van der Waals surface area contributed by atoms with Gasteiger partial charge in [-0.05, 0) is 0 Å². The molecule has 1 atom stereocenters. The summed E-state index contributed by atoms with van der Waals surface area (Å²) in [6.45, 7) is 0. The van der Waals surface area contributed by atoms with Crippen molar-refractivity contribution in [3.63, 3.8) is 0 Å². The van der Waals surface area contributed by atoms with Crippen molar-refractivity contribution < 1.29 is 9.59 Å². The topological polar surface area (TPSA) is 60.2 Å². The van der Waals surface area contributed by atoms with Crippen molar-refractivity contribution in [1.29, 1.82) is 0 Å². The van der Waals surface area contributed by atoms with E-state index in [1.165, 1.54) is 0 Å². The lowest BCUT2D eigenvalue weighted by atomic mass is 10.3. The lowest BCUT2D eigenvalue weighted by molar-refractivity contribution is -0.124. The molecule has 0 bridgehead atoms. The molecule has 0 heterocycles. The van der Waals surface area contributed by atoms with Gasteiger partial charge in [-0.1, -0.05) is 0 Å². The number of nitrogens with two attached hydrogens (primary N) is 1. The number of halogens is 2. The molecule has 0 aliphatic heterocycles. The van der Waals surface area contributed by atoms with Crippen LogP contribution in [0.25, 0.3) is 0 Å². The molecule has 0 aliphatic rings. The van der Waals surface area contributed by atoms with E-state index in [1.807, 2.05) is 0 Å². The van der Waals surface area contributed by atoms with Gasteiger partial charge in [-0.3, -0.25) is 9.59 Å². The molecular formula is C4H5Cl2NO2. The first-order chi connectivity index (χ1) is 4.09. The SMILES string of the molecule is NC(=O)C(Cl)C(=O)CCl. The quantitative estimate of drug-likeness (QED) is 0.474. The fourth-order valence-corrected chi connectivity index (χ4v) is 0.537. The molecule has 0 fully saturated rings. The summed E-state index contributed by atoms with van der Waals surface area (Å²) < 4.78 is 0. The molecule has 0 aromatic heterocycles. The van der Waals surface area contributed by atoms with E-state index >= 15 is 0 Å². The third kappa shape index (κ3) is 2.67. The van der Waals surface area contributed by atoms with Crippen LogP contribution in [0, 0.1) is 0 Å². The van der Waals surface area contributed by atoms with Gasteiger partial charge in [-0.25, -0.2) is 0 Å². The predicted octanol–water partition coefficient (Wildman–Crippen LogP) is -0.113. The highest BCUT2D eigenvalue weighted by Crippen LogP contribution is 1.97. The van der Waals surface area contributed by atoms with Gasteiger partial charge in [0, 0.05) is 0 Å². The Kier molecular flexibility index (Phi) is 3.58. The first kappa shape index (κ1) is 8.72. The first-order valence-electron chi connectivity index (χ1n) is 2.11. The molecule has 0 aliphatic carbocycles. The molecule has 0 aromatic carbocycles. The number of hydrogen-bond acceptors (Lipinski definition) is 2. The fourth-order valence-electron chi connectivity index (χ4n) is 0.226. The molecule has 0 aromatic rings. The second-order valence-corrected chi connectivity index (χ2v) is 2.07. The van der Waals surface area contributed by atoms with E-state index in [9.17, 15) is 9.59 Å². The van der Waals surface area contributed by atoms with E-state index in [4.69, 9.17) is 23.2 Å². The van der Waals surface area contributed by atoms with Crippen LogP contribution in [0.4, 0.5) is 0 Å². The molecule has 0 spiro atoms. The number of ketones is 1. The summed E-state index contributed by atoms with van der Waals surface area (Å²) in [5, 5.41) is -1.28. The average molecular weight is 170 g/mol. The van der Waals surface area contributed by atoms with Crippen LogP contribution < -0.4 is 5.73 Å². The maximum absolute atomic E-state index is 10.4. The van der Waals surface area contributed by atoms with Crippen LogP contribution in [-0.2, 0) is 9.59 Å². The van der Waals surface area contributed by atoms with E-state index in [0.29, 0.717) is 0 Å². The van der Waals surface area contributed by atoms with Crippen LogP contribution in [0.5, 0.6) is 0 Å². The fraction of sp³-hybridized carbons (Fsp3) is 0.500. The van der Waals surface area contributed by atoms with Crippen molar-refractivity contribution in [2.45, 2.75) is 5.38 Å². The van der Waals surface area contributed by atoms with Crippen LogP contribution in [0.2, 0.25) is 0 Å². The molecule has 9 heavy (non-hydrogen) atoms. The van der Waals surface area contributed by atoms with Gasteiger partial charge in [0.1, 0.15) is 0 Å². The zero-order chi connectivity index (χ0) is 7.44. The summed E-state index contributed by atoms with van der Waals surface area (Å²) in [4.78, 5) is 20.5. The smallest absolute Gasteiger partial charge is 0.243 e. The zero-order valence-electron chi connectivity index (χ0n) is 4.43. The Balaban J connectivity index is 3.88. The number of Topliss-reactive ketones (excluding diaryl/α,β-unsaturated/α-hetero) is 1. The van der Waals surface area contributed by atoms with Gasteiger partial charge in [0.25, 0.3) is 0 Å². The molecule has 0 saturated heterocycles. The number of carbonyl (C=O) groups is 2. The molecule has 2 N–H and O–H groups in total. The summed E-state index contributed by atoms with van der Waals surface area (Å²) in [6, 6.07) is 0. The molecule has 0 rings (SSSR count). The van der Waals surface area contributed by atoms with Crippen molar-refractivity contribution in [3.8, 4) is 0 Å². The Morgan fingerprint density at radius 3 is 2.11 bits per heavy atom. The number of carbonyl (C=O) groups excluding carboxylic acids is 2. The molecule has 1 unspecified atom stereocenters. The van der Waals surface area contributed by atoms with Crippen LogP contribution in [-0.4, -0.2) is 22.9 Å². The van der Waals surface area contributed by atoms with Gasteiger partial charge in [0.15, 0.2) is 11.2 Å². The number of alkyl halides is 2. The molecule has 0 saturated carbocycles. The third-order valence-corrected chi connectivity index (χ3v) is 1.39. The number of hydrogen-bond donors (Lipinski definition) is 1. The molecule has 52 valence electrons. The maximum Gasteiger partial charge on any atom is 0.243 e. The summed E-state index contributed by atoms with van der Waals surface area (Å²) >= 11 is 10.2. The Morgan fingerprint density at radius 1 is 1.56 bits per heavy atom. The Labute approximate surface area is 62.1 Å². The standard InChI is InChI=1S/C4H5Cl2NO2/c5-1-2(8)3(6)4(7)9/h3H,1H2,(H2,7,9). The predicted molar refractivity (Wildman–Crippen MR) is 34.6 cm³/mol. The monoisotopic (exact) mass is 169 g/mol. The van der Waals surface area contributed by atoms with Crippen molar-refractivity contribution >= 4 is 34.9 Å². The molecule has 3 nitrogen and oxygen atoms in total. The number of primary amides is 1.